The fraction of sp³-hybridized carbons (Fsp3) is 0.333. The molecule has 4 aromatic rings. The summed E-state index contributed by atoms with van der Waals surface area (Å²) in [4.78, 5) is 11.6. The minimum atomic E-state index is 0. The average Bonchev–Trinajstić information content (AvgIpc) is 3.32. The summed E-state index contributed by atoms with van der Waals surface area (Å²) in [5.41, 5.74) is 1.42. The van der Waals surface area contributed by atoms with Crippen LogP contribution in [0.5, 0.6) is 0 Å². The third-order valence-corrected chi connectivity index (χ3v) is 4.19. The van der Waals surface area contributed by atoms with Gasteiger partial charge in [0.15, 0.2) is 17.1 Å². The van der Waals surface area contributed by atoms with Crippen molar-refractivity contribution in [2.24, 2.45) is 7.05 Å². The molecule has 5 heterocycles. The number of nitrogens with zero attached hydrogens (tertiary/aromatic N) is 7. The first kappa shape index (κ1) is 15.9. The van der Waals surface area contributed by atoms with Crippen LogP contribution in [0.2, 0.25) is 0 Å². The number of aromatic nitrogens is 6. The number of nitrogens with one attached hydrogen (secondary N) is 1. The van der Waals surface area contributed by atoms with Gasteiger partial charge in [0.2, 0.25) is 11.8 Å². The number of anilines is 1. The van der Waals surface area contributed by atoms with E-state index in [1.54, 1.807) is 15.5 Å². The number of fused-ring (bicyclic) bond motifs is 3. The molecule has 0 bridgehead atoms. The first-order valence-corrected chi connectivity index (χ1v) is 7.89. The molecule has 5 rings (SSSR count). The van der Waals surface area contributed by atoms with E-state index in [-0.39, 0.29) is 12.4 Å². The van der Waals surface area contributed by atoms with E-state index >= 15 is 0 Å². The summed E-state index contributed by atoms with van der Waals surface area (Å²) in [6, 6.07) is 3.68. The monoisotopic (exact) mass is 360 g/mol. The van der Waals surface area contributed by atoms with Gasteiger partial charge in [0.1, 0.15) is 0 Å². The molecule has 1 fully saturated rings. The molecule has 0 aromatic carbocycles. The van der Waals surface area contributed by atoms with Gasteiger partial charge in [-0.05, 0) is 12.1 Å². The number of hydrogen-bond acceptors (Lipinski definition) is 7. The predicted octanol–water partition coefficient (Wildman–Crippen LogP) is 1.10. The average molecular weight is 361 g/mol. The number of furan rings is 1. The molecule has 0 spiro atoms. The summed E-state index contributed by atoms with van der Waals surface area (Å²) in [5.74, 6) is 1.96. The van der Waals surface area contributed by atoms with Crippen LogP contribution in [-0.2, 0) is 7.05 Å². The highest BCUT2D eigenvalue weighted by molar-refractivity contribution is 5.90. The van der Waals surface area contributed by atoms with E-state index in [1.165, 1.54) is 0 Å². The Hall–Kier alpha value is -2.65. The Morgan fingerprint density at radius 1 is 1.16 bits per heavy atom. The van der Waals surface area contributed by atoms with Crippen molar-refractivity contribution in [2.75, 3.05) is 31.1 Å². The summed E-state index contributed by atoms with van der Waals surface area (Å²) >= 11 is 0. The standard InChI is InChI=1S/C15H16N8O.ClH/c1-21-9-10-12(19-21)18-15(22-6-4-16-5-7-22)23-14(10)17-13(20-23)11-3-2-8-24-11;/h2-3,8-9,16H,4-7H2,1H3;1H. The number of aryl methyl sites for hydroxylation is 1. The second-order valence-corrected chi connectivity index (χ2v) is 5.84. The quantitative estimate of drug-likeness (QED) is 0.572. The van der Waals surface area contributed by atoms with E-state index in [9.17, 15) is 0 Å². The third kappa shape index (κ3) is 2.52. The van der Waals surface area contributed by atoms with Gasteiger partial charge in [0, 0.05) is 39.4 Å². The topological polar surface area (TPSA) is 89.3 Å². The zero-order chi connectivity index (χ0) is 16.1. The SMILES string of the molecule is Cl.Cn1cc2c(nc(N3CCNCC3)n3nc(-c4ccco4)nc23)n1. The molecule has 130 valence electrons. The van der Waals surface area contributed by atoms with Gasteiger partial charge in [-0.25, -0.2) is 4.98 Å². The Kier molecular flexibility index (Phi) is 3.81. The second kappa shape index (κ2) is 6.01. The van der Waals surface area contributed by atoms with E-state index in [2.05, 4.69) is 25.4 Å². The fourth-order valence-electron chi connectivity index (χ4n) is 3.06. The molecule has 1 saturated heterocycles. The van der Waals surface area contributed by atoms with Crippen molar-refractivity contribution in [3.8, 4) is 11.6 Å². The zero-order valence-electron chi connectivity index (χ0n) is 13.6. The van der Waals surface area contributed by atoms with Gasteiger partial charge in [-0.1, -0.05) is 0 Å². The van der Waals surface area contributed by atoms with Crippen LogP contribution >= 0.6 is 12.4 Å². The highest BCUT2D eigenvalue weighted by atomic mass is 35.5. The molecule has 1 aliphatic rings. The van der Waals surface area contributed by atoms with Crippen molar-refractivity contribution in [2.45, 2.75) is 0 Å². The molecule has 1 N–H and O–H groups in total. The molecular weight excluding hydrogens is 344 g/mol. The second-order valence-electron chi connectivity index (χ2n) is 5.84. The first-order valence-electron chi connectivity index (χ1n) is 7.89. The summed E-state index contributed by atoms with van der Waals surface area (Å²) in [6.07, 6.45) is 3.54. The minimum absolute atomic E-state index is 0. The lowest BCUT2D eigenvalue weighted by Gasteiger charge is -2.28. The van der Waals surface area contributed by atoms with Crippen LogP contribution in [0.15, 0.2) is 29.0 Å². The molecule has 0 saturated carbocycles. The molecule has 0 amide bonds. The highest BCUT2D eigenvalue weighted by Crippen LogP contribution is 2.25. The van der Waals surface area contributed by atoms with Crippen LogP contribution in [0, 0.1) is 0 Å². The number of hydrogen-bond donors (Lipinski definition) is 1. The van der Waals surface area contributed by atoms with Crippen LogP contribution in [0.3, 0.4) is 0 Å². The van der Waals surface area contributed by atoms with Crippen molar-refractivity contribution in [3.63, 3.8) is 0 Å². The number of rotatable bonds is 2. The Bertz CT molecular complexity index is 1020. The summed E-state index contributed by atoms with van der Waals surface area (Å²) < 4.78 is 9.00. The van der Waals surface area contributed by atoms with Crippen LogP contribution in [0.25, 0.3) is 28.3 Å². The van der Waals surface area contributed by atoms with E-state index in [1.807, 2.05) is 25.4 Å². The normalized spacial score (nSPS) is 15.0. The van der Waals surface area contributed by atoms with Gasteiger partial charge < -0.3 is 14.6 Å². The molecule has 25 heavy (non-hydrogen) atoms. The fourth-order valence-corrected chi connectivity index (χ4v) is 3.06. The van der Waals surface area contributed by atoms with Crippen LogP contribution in [0.4, 0.5) is 5.95 Å². The maximum absolute atomic E-state index is 5.45. The molecule has 0 atom stereocenters. The van der Waals surface area contributed by atoms with Crippen LogP contribution < -0.4 is 10.2 Å². The van der Waals surface area contributed by atoms with Gasteiger partial charge in [-0.15, -0.1) is 17.5 Å². The Morgan fingerprint density at radius 3 is 2.76 bits per heavy atom. The van der Waals surface area contributed by atoms with Crippen molar-refractivity contribution in [1.82, 2.24) is 34.7 Å². The molecule has 0 unspecified atom stereocenters. The molecular formula is C15H17ClN8O. The third-order valence-electron chi connectivity index (χ3n) is 4.19. The Labute approximate surface area is 149 Å². The van der Waals surface area contributed by atoms with Crippen LogP contribution in [-0.4, -0.2) is 55.5 Å². The van der Waals surface area contributed by atoms with Crippen LogP contribution in [0.1, 0.15) is 0 Å². The van der Waals surface area contributed by atoms with Gasteiger partial charge in [0.25, 0.3) is 0 Å². The number of piperazine rings is 1. The minimum Gasteiger partial charge on any atom is -0.461 e. The van der Waals surface area contributed by atoms with Crippen molar-refractivity contribution in [3.05, 3.63) is 24.6 Å². The Morgan fingerprint density at radius 2 is 2.00 bits per heavy atom. The maximum Gasteiger partial charge on any atom is 0.230 e. The van der Waals surface area contributed by atoms with Crippen molar-refractivity contribution in [1.29, 1.82) is 0 Å². The molecule has 9 nitrogen and oxygen atoms in total. The van der Waals surface area contributed by atoms with Gasteiger partial charge in [0.05, 0.1) is 11.6 Å². The lowest BCUT2D eigenvalue weighted by molar-refractivity contribution is 0.571. The van der Waals surface area contributed by atoms with Gasteiger partial charge in [-0.2, -0.15) is 14.6 Å². The highest BCUT2D eigenvalue weighted by Gasteiger charge is 2.22. The Balaban J connectivity index is 0.00000157. The summed E-state index contributed by atoms with van der Waals surface area (Å²) in [7, 11) is 1.88. The smallest absolute Gasteiger partial charge is 0.230 e. The van der Waals surface area contributed by atoms with Gasteiger partial charge in [-0.3, -0.25) is 4.68 Å². The van der Waals surface area contributed by atoms with E-state index in [0.717, 1.165) is 43.2 Å². The largest absolute Gasteiger partial charge is 0.461 e. The lowest BCUT2D eigenvalue weighted by atomic mass is 10.3. The van der Waals surface area contributed by atoms with Crippen molar-refractivity contribution < 1.29 is 4.42 Å². The maximum atomic E-state index is 5.45. The molecule has 0 aliphatic carbocycles. The predicted molar refractivity (Wildman–Crippen MR) is 95.1 cm³/mol. The summed E-state index contributed by atoms with van der Waals surface area (Å²) in [5, 5.41) is 13.3. The molecule has 10 heteroatoms. The lowest BCUT2D eigenvalue weighted by Crippen LogP contribution is -2.44. The number of halogens is 1. The van der Waals surface area contributed by atoms with E-state index < -0.39 is 0 Å². The van der Waals surface area contributed by atoms with E-state index in [0.29, 0.717) is 17.2 Å². The molecule has 4 aromatic heterocycles. The van der Waals surface area contributed by atoms with E-state index in [4.69, 9.17) is 9.40 Å². The first-order chi connectivity index (χ1) is 11.8. The molecule has 0 radical (unpaired) electrons. The van der Waals surface area contributed by atoms with Crippen molar-refractivity contribution >= 4 is 35.0 Å². The van der Waals surface area contributed by atoms with Gasteiger partial charge >= 0.3 is 0 Å². The summed E-state index contributed by atoms with van der Waals surface area (Å²) in [6.45, 7) is 3.58. The molecule has 1 aliphatic heterocycles. The zero-order valence-corrected chi connectivity index (χ0v) is 14.4.